The van der Waals surface area contributed by atoms with Crippen molar-refractivity contribution < 1.29 is 9.59 Å². The Hall–Kier alpha value is -1.44. The molecule has 2 heterocycles. The van der Waals surface area contributed by atoms with Gasteiger partial charge in [-0.2, -0.15) is 0 Å². The maximum atomic E-state index is 12.3. The topological polar surface area (TPSA) is 87.5 Å². The highest BCUT2D eigenvalue weighted by molar-refractivity contribution is 7.17. The van der Waals surface area contributed by atoms with Crippen LogP contribution in [0.2, 0.25) is 0 Å². The summed E-state index contributed by atoms with van der Waals surface area (Å²) in [4.78, 5) is 27.0. The van der Waals surface area contributed by atoms with Crippen LogP contribution >= 0.6 is 11.3 Å². The van der Waals surface area contributed by atoms with Crippen LogP contribution in [0.5, 0.6) is 0 Å². The Labute approximate surface area is 122 Å². The molecule has 0 atom stereocenters. The van der Waals surface area contributed by atoms with E-state index < -0.39 is 0 Å². The fourth-order valence-corrected chi connectivity index (χ4v) is 3.66. The number of nitrogens with two attached hydrogens (primary N) is 1. The zero-order chi connectivity index (χ0) is 14.7. The van der Waals surface area contributed by atoms with Gasteiger partial charge >= 0.3 is 0 Å². The molecule has 0 saturated heterocycles. The van der Waals surface area contributed by atoms with Crippen LogP contribution in [0.15, 0.2) is 0 Å². The number of likely N-dealkylation sites (N-methyl/N-ethyl adjacent to an activating group) is 1. The molecule has 0 fully saturated rings. The number of amides is 2. The maximum Gasteiger partial charge on any atom is 0.254 e. The van der Waals surface area contributed by atoms with Crippen LogP contribution in [0.4, 0.5) is 5.00 Å². The third kappa shape index (κ3) is 3.17. The predicted molar refractivity (Wildman–Crippen MR) is 80.0 cm³/mol. The zero-order valence-corrected chi connectivity index (χ0v) is 12.6. The van der Waals surface area contributed by atoms with Crippen LogP contribution in [0.1, 0.15) is 27.7 Å². The van der Waals surface area contributed by atoms with E-state index in [9.17, 15) is 9.59 Å². The van der Waals surface area contributed by atoms with Crippen molar-refractivity contribution in [3.05, 3.63) is 16.0 Å². The molecule has 0 bridgehead atoms. The lowest BCUT2D eigenvalue weighted by Crippen LogP contribution is -2.31. The monoisotopic (exact) mass is 296 g/mol. The number of hydrogen-bond acceptors (Lipinski definition) is 5. The summed E-state index contributed by atoms with van der Waals surface area (Å²) in [5.74, 6) is -0.314. The molecule has 1 aliphatic rings. The highest BCUT2D eigenvalue weighted by Crippen LogP contribution is 2.36. The molecule has 0 aromatic carbocycles. The first-order valence-corrected chi connectivity index (χ1v) is 7.43. The van der Waals surface area contributed by atoms with Gasteiger partial charge in [0.05, 0.1) is 5.56 Å². The van der Waals surface area contributed by atoms with Crippen molar-refractivity contribution in [1.82, 2.24) is 10.2 Å². The lowest BCUT2D eigenvalue weighted by molar-refractivity contribution is -0.114. The number of anilines is 1. The SMILES string of the molecule is CC(=O)Nc1sc2c(c1C(=O)NCCN)CCN(C)C2. The molecular weight excluding hydrogens is 276 g/mol. The van der Waals surface area contributed by atoms with Crippen molar-refractivity contribution in [2.45, 2.75) is 19.9 Å². The van der Waals surface area contributed by atoms with E-state index in [0.29, 0.717) is 23.7 Å². The van der Waals surface area contributed by atoms with Crippen LogP contribution in [-0.2, 0) is 17.8 Å². The predicted octanol–water partition coefficient (Wildman–Crippen LogP) is 0.383. The molecular formula is C13H20N4O2S. The Morgan fingerprint density at radius 3 is 2.85 bits per heavy atom. The Morgan fingerprint density at radius 1 is 1.45 bits per heavy atom. The molecule has 0 spiro atoms. The Balaban J connectivity index is 2.35. The highest BCUT2D eigenvalue weighted by Gasteiger charge is 2.27. The second-order valence-corrected chi connectivity index (χ2v) is 6.03. The summed E-state index contributed by atoms with van der Waals surface area (Å²) in [6.45, 7) is 4.02. The number of rotatable bonds is 4. The van der Waals surface area contributed by atoms with Gasteiger partial charge in [-0.05, 0) is 19.0 Å². The summed E-state index contributed by atoms with van der Waals surface area (Å²) in [6.07, 6.45) is 0.827. The van der Waals surface area contributed by atoms with E-state index in [-0.39, 0.29) is 11.8 Å². The smallest absolute Gasteiger partial charge is 0.254 e. The van der Waals surface area contributed by atoms with Gasteiger partial charge in [0.25, 0.3) is 5.91 Å². The van der Waals surface area contributed by atoms with Gasteiger partial charge in [-0.15, -0.1) is 11.3 Å². The first-order chi connectivity index (χ1) is 9.52. The summed E-state index contributed by atoms with van der Waals surface area (Å²) < 4.78 is 0. The standard InChI is InChI=1S/C13H20N4O2S/c1-8(18)16-13-11(12(19)15-5-4-14)9-3-6-17(2)7-10(9)20-13/h3-7,14H2,1-2H3,(H,15,19)(H,16,18). The van der Waals surface area contributed by atoms with Gasteiger partial charge in [0, 0.05) is 38.0 Å². The Kier molecular flexibility index (Phi) is 4.74. The van der Waals surface area contributed by atoms with Gasteiger partial charge in [0.1, 0.15) is 5.00 Å². The number of fused-ring (bicyclic) bond motifs is 1. The van der Waals surface area contributed by atoms with E-state index in [1.165, 1.54) is 18.3 Å². The lowest BCUT2D eigenvalue weighted by atomic mass is 10.0. The van der Waals surface area contributed by atoms with Crippen molar-refractivity contribution in [3.63, 3.8) is 0 Å². The molecule has 6 nitrogen and oxygen atoms in total. The van der Waals surface area contributed by atoms with Gasteiger partial charge in [-0.1, -0.05) is 0 Å². The molecule has 0 saturated carbocycles. The van der Waals surface area contributed by atoms with E-state index in [4.69, 9.17) is 5.73 Å². The average Bonchev–Trinajstić information content (AvgIpc) is 2.71. The van der Waals surface area contributed by atoms with Crippen LogP contribution in [0, 0.1) is 0 Å². The molecule has 4 N–H and O–H groups in total. The number of hydrogen-bond donors (Lipinski definition) is 3. The number of nitrogens with zero attached hydrogens (tertiary/aromatic N) is 1. The van der Waals surface area contributed by atoms with Crippen molar-refractivity contribution >= 4 is 28.2 Å². The first kappa shape index (κ1) is 15.0. The summed E-state index contributed by atoms with van der Waals surface area (Å²) in [5, 5.41) is 6.20. The number of nitrogens with one attached hydrogen (secondary N) is 2. The number of thiophene rings is 1. The van der Waals surface area contributed by atoms with Gasteiger partial charge in [-0.3, -0.25) is 9.59 Å². The third-order valence-electron chi connectivity index (χ3n) is 3.19. The zero-order valence-electron chi connectivity index (χ0n) is 11.8. The summed E-state index contributed by atoms with van der Waals surface area (Å²) in [6, 6.07) is 0. The number of carbonyl (C=O) groups excluding carboxylic acids is 2. The minimum absolute atomic E-state index is 0.152. The molecule has 2 rings (SSSR count). The Bertz CT molecular complexity index is 527. The van der Waals surface area contributed by atoms with E-state index in [1.54, 1.807) is 0 Å². The summed E-state index contributed by atoms with van der Waals surface area (Å²) >= 11 is 1.49. The lowest BCUT2D eigenvalue weighted by Gasteiger charge is -2.22. The van der Waals surface area contributed by atoms with Gasteiger partial charge < -0.3 is 21.3 Å². The van der Waals surface area contributed by atoms with E-state index in [0.717, 1.165) is 30.0 Å². The van der Waals surface area contributed by atoms with Crippen LogP contribution in [0.3, 0.4) is 0 Å². The second kappa shape index (κ2) is 6.34. The molecule has 1 aliphatic heterocycles. The highest BCUT2D eigenvalue weighted by atomic mass is 32.1. The molecule has 1 aromatic heterocycles. The normalized spacial score (nSPS) is 14.8. The minimum atomic E-state index is -0.162. The fraction of sp³-hybridized carbons (Fsp3) is 0.538. The largest absolute Gasteiger partial charge is 0.351 e. The fourth-order valence-electron chi connectivity index (χ4n) is 2.29. The van der Waals surface area contributed by atoms with E-state index in [1.807, 2.05) is 0 Å². The van der Waals surface area contributed by atoms with Crippen molar-refractivity contribution in [2.24, 2.45) is 5.73 Å². The third-order valence-corrected chi connectivity index (χ3v) is 4.33. The quantitative estimate of drug-likeness (QED) is 0.750. The van der Waals surface area contributed by atoms with Gasteiger partial charge in [0.2, 0.25) is 5.91 Å². The van der Waals surface area contributed by atoms with Gasteiger partial charge in [0.15, 0.2) is 0 Å². The number of carbonyl (C=O) groups is 2. The van der Waals surface area contributed by atoms with Crippen molar-refractivity contribution in [2.75, 3.05) is 32.0 Å². The van der Waals surface area contributed by atoms with E-state index in [2.05, 4.69) is 22.6 Å². The van der Waals surface area contributed by atoms with Crippen LogP contribution in [-0.4, -0.2) is 43.4 Å². The molecule has 0 aliphatic carbocycles. The Morgan fingerprint density at radius 2 is 2.20 bits per heavy atom. The molecule has 1 aromatic rings. The molecule has 7 heteroatoms. The molecule has 20 heavy (non-hydrogen) atoms. The average molecular weight is 296 g/mol. The molecule has 110 valence electrons. The van der Waals surface area contributed by atoms with Crippen molar-refractivity contribution in [1.29, 1.82) is 0 Å². The minimum Gasteiger partial charge on any atom is -0.351 e. The van der Waals surface area contributed by atoms with Crippen molar-refractivity contribution in [3.8, 4) is 0 Å². The van der Waals surface area contributed by atoms with Gasteiger partial charge in [-0.25, -0.2) is 0 Å². The van der Waals surface area contributed by atoms with Crippen LogP contribution < -0.4 is 16.4 Å². The first-order valence-electron chi connectivity index (χ1n) is 6.62. The summed E-state index contributed by atoms with van der Waals surface area (Å²) in [5.41, 5.74) is 7.09. The van der Waals surface area contributed by atoms with E-state index >= 15 is 0 Å². The molecule has 0 radical (unpaired) electrons. The summed E-state index contributed by atoms with van der Waals surface area (Å²) in [7, 11) is 2.05. The van der Waals surface area contributed by atoms with Crippen LogP contribution in [0.25, 0.3) is 0 Å². The molecule has 2 amide bonds. The maximum absolute atomic E-state index is 12.3. The second-order valence-electron chi connectivity index (χ2n) is 4.92. The molecule has 0 unspecified atom stereocenters.